The van der Waals surface area contributed by atoms with Crippen molar-refractivity contribution in [2.75, 3.05) is 6.61 Å². The minimum atomic E-state index is -0.554. The maximum atomic E-state index is 11.7. The highest BCUT2D eigenvalue weighted by Crippen LogP contribution is 2.11. The highest BCUT2D eigenvalue weighted by atomic mass is 16.5. The summed E-state index contributed by atoms with van der Waals surface area (Å²) in [7, 11) is 0. The molecule has 5 heteroatoms. The number of amides is 1. The number of nitrogens with one attached hydrogen (secondary N) is 1. The van der Waals surface area contributed by atoms with E-state index >= 15 is 0 Å². The minimum Gasteiger partial charge on any atom is -0.508 e. The highest BCUT2D eigenvalue weighted by Gasteiger charge is 2.28. The predicted octanol–water partition coefficient (Wildman–Crippen LogP) is 0.437. The largest absolute Gasteiger partial charge is 0.508 e. The van der Waals surface area contributed by atoms with E-state index in [9.17, 15) is 9.59 Å². The third-order valence-corrected chi connectivity index (χ3v) is 2.37. The highest BCUT2D eigenvalue weighted by molar-refractivity contribution is 5.97. The molecule has 1 aliphatic heterocycles. The molecule has 2 rings (SSSR count). The summed E-state index contributed by atoms with van der Waals surface area (Å²) < 4.78 is 4.73. The Kier molecular flexibility index (Phi) is 2.76. The lowest BCUT2D eigenvalue weighted by Crippen LogP contribution is -2.37. The summed E-state index contributed by atoms with van der Waals surface area (Å²) >= 11 is 0. The van der Waals surface area contributed by atoms with Gasteiger partial charge >= 0.3 is 5.97 Å². The fourth-order valence-corrected chi connectivity index (χ4v) is 1.48. The van der Waals surface area contributed by atoms with Crippen molar-refractivity contribution in [2.24, 2.45) is 0 Å². The van der Waals surface area contributed by atoms with Gasteiger partial charge in [0.15, 0.2) is 0 Å². The monoisotopic (exact) mass is 221 g/mol. The first kappa shape index (κ1) is 10.5. The van der Waals surface area contributed by atoms with Crippen LogP contribution in [0.1, 0.15) is 16.8 Å². The summed E-state index contributed by atoms with van der Waals surface area (Å²) in [6.07, 6.45) is 0.503. The normalized spacial score (nSPS) is 19.2. The molecule has 0 saturated carbocycles. The van der Waals surface area contributed by atoms with Gasteiger partial charge in [0.25, 0.3) is 5.91 Å². The van der Waals surface area contributed by atoms with Crippen LogP contribution in [0.15, 0.2) is 24.3 Å². The summed E-state index contributed by atoms with van der Waals surface area (Å²) in [5, 5.41) is 11.6. The third-order valence-electron chi connectivity index (χ3n) is 2.37. The molecule has 1 amide bonds. The van der Waals surface area contributed by atoms with Crippen LogP contribution in [-0.4, -0.2) is 29.6 Å². The van der Waals surface area contributed by atoms with Crippen LogP contribution in [0.2, 0.25) is 0 Å². The van der Waals surface area contributed by atoms with Crippen LogP contribution in [0.3, 0.4) is 0 Å². The number of benzene rings is 1. The predicted molar refractivity (Wildman–Crippen MR) is 54.9 cm³/mol. The molecule has 0 radical (unpaired) electrons. The van der Waals surface area contributed by atoms with E-state index in [1.54, 1.807) is 0 Å². The Labute approximate surface area is 92.0 Å². The summed E-state index contributed by atoms with van der Waals surface area (Å²) in [5.74, 6) is -0.646. The molecule has 1 unspecified atom stereocenters. The Balaban J connectivity index is 2.02. The van der Waals surface area contributed by atoms with E-state index in [4.69, 9.17) is 9.84 Å². The summed E-state index contributed by atoms with van der Waals surface area (Å²) in [6, 6.07) is 5.26. The van der Waals surface area contributed by atoms with Crippen molar-refractivity contribution < 1.29 is 19.4 Å². The quantitative estimate of drug-likeness (QED) is 0.710. The number of hydrogen-bond donors (Lipinski definition) is 2. The molecule has 0 aliphatic carbocycles. The maximum absolute atomic E-state index is 11.7. The number of rotatable bonds is 2. The van der Waals surface area contributed by atoms with Crippen LogP contribution >= 0.6 is 0 Å². The van der Waals surface area contributed by atoms with Gasteiger partial charge in [0, 0.05) is 12.0 Å². The molecule has 1 fully saturated rings. The van der Waals surface area contributed by atoms with Crippen molar-refractivity contribution in [1.82, 2.24) is 5.32 Å². The average molecular weight is 221 g/mol. The van der Waals surface area contributed by atoms with Gasteiger partial charge in [0.1, 0.15) is 11.8 Å². The summed E-state index contributed by atoms with van der Waals surface area (Å²) in [5.41, 5.74) is 0.400. The number of phenolic OH excluding ortho intramolecular Hbond substituents is 1. The molecule has 0 spiro atoms. The molecule has 1 aromatic rings. The number of esters is 1. The Hall–Kier alpha value is -2.04. The van der Waals surface area contributed by atoms with Crippen LogP contribution in [-0.2, 0) is 9.53 Å². The van der Waals surface area contributed by atoms with Gasteiger partial charge in [-0.2, -0.15) is 0 Å². The number of phenols is 1. The van der Waals surface area contributed by atoms with E-state index in [1.165, 1.54) is 24.3 Å². The number of carbonyl (C=O) groups excluding carboxylic acids is 2. The van der Waals surface area contributed by atoms with E-state index in [1.807, 2.05) is 0 Å². The van der Waals surface area contributed by atoms with Crippen LogP contribution in [0, 0.1) is 0 Å². The number of hydrogen-bond acceptors (Lipinski definition) is 4. The Morgan fingerprint density at radius 1 is 1.38 bits per heavy atom. The van der Waals surface area contributed by atoms with Gasteiger partial charge in [-0.15, -0.1) is 0 Å². The molecule has 0 bridgehead atoms. The number of cyclic esters (lactones) is 1. The first-order chi connectivity index (χ1) is 7.66. The molecule has 16 heavy (non-hydrogen) atoms. The Morgan fingerprint density at radius 2 is 2.06 bits per heavy atom. The number of aromatic hydroxyl groups is 1. The SMILES string of the molecule is O=C(NC1CCOC1=O)c1ccc(O)cc1. The van der Waals surface area contributed by atoms with Gasteiger partial charge in [-0.05, 0) is 24.3 Å². The molecule has 1 aromatic carbocycles. The molecule has 2 N–H and O–H groups in total. The van der Waals surface area contributed by atoms with Crippen LogP contribution in [0.4, 0.5) is 0 Å². The second-order valence-corrected chi connectivity index (χ2v) is 3.53. The van der Waals surface area contributed by atoms with Crippen molar-refractivity contribution in [3.05, 3.63) is 29.8 Å². The zero-order valence-electron chi connectivity index (χ0n) is 8.47. The molecule has 1 aliphatic rings. The molecule has 0 aromatic heterocycles. The van der Waals surface area contributed by atoms with Gasteiger partial charge < -0.3 is 15.2 Å². The second kappa shape index (κ2) is 4.22. The van der Waals surface area contributed by atoms with Crippen molar-refractivity contribution in [3.8, 4) is 5.75 Å². The lowest BCUT2D eigenvalue weighted by Gasteiger charge is -2.08. The van der Waals surface area contributed by atoms with E-state index in [0.717, 1.165) is 0 Å². The average Bonchev–Trinajstić information content (AvgIpc) is 2.65. The second-order valence-electron chi connectivity index (χ2n) is 3.53. The van der Waals surface area contributed by atoms with E-state index < -0.39 is 12.0 Å². The lowest BCUT2D eigenvalue weighted by molar-refractivity contribution is -0.139. The van der Waals surface area contributed by atoms with Gasteiger partial charge in [0.05, 0.1) is 6.61 Å². The van der Waals surface area contributed by atoms with Crippen LogP contribution < -0.4 is 5.32 Å². The van der Waals surface area contributed by atoms with Crippen molar-refractivity contribution in [3.63, 3.8) is 0 Å². The minimum absolute atomic E-state index is 0.0943. The molecule has 5 nitrogen and oxygen atoms in total. The molecular weight excluding hydrogens is 210 g/mol. The number of ether oxygens (including phenoxy) is 1. The lowest BCUT2D eigenvalue weighted by atomic mass is 10.2. The van der Waals surface area contributed by atoms with E-state index in [-0.39, 0.29) is 11.7 Å². The van der Waals surface area contributed by atoms with Crippen LogP contribution in [0.5, 0.6) is 5.75 Å². The van der Waals surface area contributed by atoms with Crippen LogP contribution in [0.25, 0.3) is 0 Å². The van der Waals surface area contributed by atoms with Gasteiger partial charge in [-0.25, -0.2) is 4.79 Å². The van der Waals surface area contributed by atoms with Crippen molar-refractivity contribution >= 4 is 11.9 Å². The summed E-state index contributed by atoms with van der Waals surface area (Å²) in [4.78, 5) is 22.8. The van der Waals surface area contributed by atoms with Gasteiger partial charge in [-0.3, -0.25) is 4.79 Å². The van der Waals surface area contributed by atoms with Crippen molar-refractivity contribution in [1.29, 1.82) is 0 Å². The molecule has 1 atom stereocenters. The number of carbonyl (C=O) groups is 2. The fraction of sp³-hybridized carbons (Fsp3) is 0.273. The topological polar surface area (TPSA) is 75.6 Å². The fourth-order valence-electron chi connectivity index (χ4n) is 1.48. The third kappa shape index (κ3) is 2.13. The molecule has 1 heterocycles. The smallest absolute Gasteiger partial charge is 0.328 e. The Morgan fingerprint density at radius 3 is 2.62 bits per heavy atom. The zero-order chi connectivity index (χ0) is 11.5. The molecule has 84 valence electrons. The standard InChI is InChI=1S/C11H11NO4/c13-8-3-1-7(2-4-8)10(14)12-9-5-6-16-11(9)15/h1-4,9,13H,5-6H2,(H,12,14). The summed E-state index contributed by atoms with van der Waals surface area (Å²) in [6.45, 7) is 0.347. The van der Waals surface area contributed by atoms with E-state index in [0.29, 0.717) is 18.6 Å². The molecular formula is C11H11NO4. The van der Waals surface area contributed by atoms with Gasteiger partial charge in [-0.1, -0.05) is 0 Å². The first-order valence-electron chi connectivity index (χ1n) is 4.93. The van der Waals surface area contributed by atoms with E-state index in [2.05, 4.69) is 5.32 Å². The van der Waals surface area contributed by atoms with Gasteiger partial charge in [0.2, 0.25) is 0 Å². The first-order valence-corrected chi connectivity index (χ1v) is 4.93. The maximum Gasteiger partial charge on any atom is 0.328 e. The zero-order valence-corrected chi connectivity index (χ0v) is 8.47. The van der Waals surface area contributed by atoms with Crippen molar-refractivity contribution in [2.45, 2.75) is 12.5 Å². The molecule has 1 saturated heterocycles. The Bertz CT molecular complexity index is 412.